The zero-order chi connectivity index (χ0) is 12.5. The fraction of sp³-hybridized carbons (Fsp3) is 0.400. The molecule has 1 aromatic carbocycles. The molecule has 3 rings (SSSR count). The number of hydrogen-bond acceptors (Lipinski definition) is 3. The van der Waals surface area contributed by atoms with Gasteiger partial charge < -0.3 is 10.2 Å². The number of hydrogen-bond donors (Lipinski definition) is 1. The molecule has 0 spiro atoms. The predicted octanol–water partition coefficient (Wildman–Crippen LogP) is 2.68. The Morgan fingerprint density at radius 1 is 1.05 bits per heavy atom. The lowest BCUT2D eigenvalue weighted by Gasteiger charge is -2.28. The molecule has 2 heterocycles. The van der Waals surface area contributed by atoms with Gasteiger partial charge in [-0.05, 0) is 36.4 Å². The van der Waals surface area contributed by atoms with Crippen LogP contribution < -0.4 is 10.2 Å². The number of pyridine rings is 1. The first-order valence-corrected chi connectivity index (χ1v) is 6.57. The standard InChI is InChI=1S/C15H19N3.ClH/c1-11-3-4-12(2)14-10-17-15(9-13(11)14)18-7-5-16-6-8-18;/h3-4,9-10,16H,5-8H2,1-2H3;1H. The lowest BCUT2D eigenvalue weighted by atomic mass is 10.0. The Kier molecular flexibility index (Phi) is 4.27. The zero-order valence-electron chi connectivity index (χ0n) is 11.4. The Morgan fingerprint density at radius 3 is 2.37 bits per heavy atom. The molecule has 0 aliphatic carbocycles. The van der Waals surface area contributed by atoms with Gasteiger partial charge in [-0.25, -0.2) is 4.98 Å². The first kappa shape index (κ1) is 14.1. The molecule has 0 unspecified atom stereocenters. The summed E-state index contributed by atoms with van der Waals surface area (Å²) >= 11 is 0. The van der Waals surface area contributed by atoms with Gasteiger partial charge in [-0.2, -0.15) is 0 Å². The van der Waals surface area contributed by atoms with E-state index in [0.29, 0.717) is 0 Å². The molecule has 0 radical (unpaired) electrons. The number of halogens is 1. The van der Waals surface area contributed by atoms with Crippen molar-refractivity contribution in [3.63, 3.8) is 0 Å². The topological polar surface area (TPSA) is 28.2 Å². The molecule has 4 heteroatoms. The summed E-state index contributed by atoms with van der Waals surface area (Å²) in [6.45, 7) is 8.50. The van der Waals surface area contributed by atoms with Crippen LogP contribution in [0.5, 0.6) is 0 Å². The van der Waals surface area contributed by atoms with Crippen LogP contribution in [0, 0.1) is 13.8 Å². The molecule has 1 aliphatic heterocycles. The van der Waals surface area contributed by atoms with Crippen molar-refractivity contribution in [3.8, 4) is 0 Å². The SMILES string of the molecule is Cc1ccc(C)c2cc(N3CCNCC3)ncc12.Cl. The number of benzene rings is 1. The van der Waals surface area contributed by atoms with E-state index in [1.807, 2.05) is 6.20 Å². The van der Waals surface area contributed by atoms with E-state index in [2.05, 4.69) is 47.2 Å². The molecule has 1 saturated heterocycles. The van der Waals surface area contributed by atoms with Crippen LogP contribution in [0.2, 0.25) is 0 Å². The predicted molar refractivity (Wildman–Crippen MR) is 83.5 cm³/mol. The van der Waals surface area contributed by atoms with Crippen molar-refractivity contribution < 1.29 is 0 Å². The largest absolute Gasteiger partial charge is 0.354 e. The van der Waals surface area contributed by atoms with Gasteiger partial charge in [0, 0.05) is 37.8 Å². The maximum Gasteiger partial charge on any atom is 0.129 e. The molecule has 1 fully saturated rings. The lowest BCUT2D eigenvalue weighted by molar-refractivity contribution is 0.585. The van der Waals surface area contributed by atoms with Crippen molar-refractivity contribution >= 4 is 29.0 Å². The van der Waals surface area contributed by atoms with Crippen molar-refractivity contribution in [3.05, 3.63) is 35.5 Å². The van der Waals surface area contributed by atoms with E-state index in [-0.39, 0.29) is 12.4 Å². The third kappa shape index (κ3) is 2.67. The van der Waals surface area contributed by atoms with E-state index < -0.39 is 0 Å². The number of aryl methyl sites for hydroxylation is 2. The Labute approximate surface area is 120 Å². The normalized spacial score (nSPS) is 15.4. The Balaban J connectivity index is 0.00000133. The number of fused-ring (bicyclic) bond motifs is 1. The highest BCUT2D eigenvalue weighted by molar-refractivity contribution is 5.89. The quantitative estimate of drug-likeness (QED) is 0.869. The second-order valence-electron chi connectivity index (χ2n) is 5.02. The Morgan fingerprint density at radius 2 is 1.68 bits per heavy atom. The smallest absolute Gasteiger partial charge is 0.129 e. The third-order valence-electron chi connectivity index (χ3n) is 3.76. The van der Waals surface area contributed by atoms with E-state index in [9.17, 15) is 0 Å². The summed E-state index contributed by atoms with van der Waals surface area (Å²) in [5, 5.41) is 5.98. The van der Waals surface area contributed by atoms with E-state index in [0.717, 1.165) is 32.0 Å². The van der Waals surface area contributed by atoms with E-state index in [4.69, 9.17) is 0 Å². The van der Waals surface area contributed by atoms with Gasteiger partial charge in [-0.15, -0.1) is 12.4 Å². The van der Waals surface area contributed by atoms with Gasteiger partial charge in [0.15, 0.2) is 0 Å². The molecule has 3 nitrogen and oxygen atoms in total. The summed E-state index contributed by atoms with van der Waals surface area (Å²) in [6, 6.07) is 6.60. The second kappa shape index (κ2) is 5.76. The van der Waals surface area contributed by atoms with Gasteiger partial charge in [-0.3, -0.25) is 0 Å². The number of nitrogens with one attached hydrogen (secondary N) is 1. The van der Waals surface area contributed by atoms with Crippen LogP contribution >= 0.6 is 12.4 Å². The van der Waals surface area contributed by atoms with E-state index >= 15 is 0 Å². The van der Waals surface area contributed by atoms with Crippen LogP contribution in [0.3, 0.4) is 0 Å². The van der Waals surface area contributed by atoms with Gasteiger partial charge in [0.05, 0.1) is 0 Å². The molecule has 2 aromatic rings. The average molecular weight is 278 g/mol. The summed E-state index contributed by atoms with van der Waals surface area (Å²) in [7, 11) is 0. The number of aromatic nitrogens is 1. The summed E-state index contributed by atoms with van der Waals surface area (Å²) in [4.78, 5) is 6.99. The van der Waals surface area contributed by atoms with E-state index in [1.54, 1.807) is 0 Å². The molecular formula is C15H20ClN3. The molecular weight excluding hydrogens is 258 g/mol. The van der Waals surface area contributed by atoms with E-state index in [1.165, 1.54) is 21.9 Å². The molecule has 0 bridgehead atoms. The maximum atomic E-state index is 4.63. The number of piperazine rings is 1. The van der Waals surface area contributed by atoms with Crippen LogP contribution in [-0.2, 0) is 0 Å². The highest BCUT2D eigenvalue weighted by Gasteiger charge is 2.12. The summed E-state index contributed by atoms with van der Waals surface area (Å²) in [6.07, 6.45) is 2.02. The van der Waals surface area contributed by atoms with Crippen LogP contribution in [0.4, 0.5) is 5.82 Å². The maximum absolute atomic E-state index is 4.63. The molecule has 1 aromatic heterocycles. The van der Waals surface area contributed by atoms with Crippen molar-refractivity contribution in [2.45, 2.75) is 13.8 Å². The first-order valence-electron chi connectivity index (χ1n) is 6.57. The fourth-order valence-electron chi connectivity index (χ4n) is 2.58. The fourth-order valence-corrected chi connectivity index (χ4v) is 2.58. The van der Waals surface area contributed by atoms with Crippen LogP contribution in [0.25, 0.3) is 10.8 Å². The van der Waals surface area contributed by atoms with Gasteiger partial charge in [-0.1, -0.05) is 12.1 Å². The summed E-state index contributed by atoms with van der Waals surface area (Å²) in [5.41, 5.74) is 2.63. The Hall–Kier alpha value is -1.32. The molecule has 1 aliphatic rings. The number of nitrogens with zero attached hydrogens (tertiary/aromatic N) is 2. The minimum Gasteiger partial charge on any atom is -0.354 e. The van der Waals surface area contributed by atoms with Crippen molar-refractivity contribution in [1.82, 2.24) is 10.3 Å². The molecule has 1 N–H and O–H groups in total. The highest BCUT2D eigenvalue weighted by Crippen LogP contribution is 2.25. The van der Waals surface area contributed by atoms with Crippen LogP contribution in [-0.4, -0.2) is 31.2 Å². The third-order valence-corrected chi connectivity index (χ3v) is 3.76. The van der Waals surface area contributed by atoms with Crippen LogP contribution in [0.15, 0.2) is 24.4 Å². The van der Waals surface area contributed by atoms with Gasteiger partial charge in [0.25, 0.3) is 0 Å². The number of anilines is 1. The monoisotopic (exact) mass is 277 g/mol. The summed E-state index contributed by atoms with van der Waals surface area (Å²) in [5.74, 6) is 1.11. The van der Waals surface area contributed by atoms with Gasteiger partial charge >= 0.3 is 0 Å². The van der Waals surface area contributed by atoms with Crippen LogP contribution in [0.1, 0.15) is 11.1 Å². The molecule has 0 atom stereocenters. The molecule has 19 heavy (non-hydrogen) atoms. The highest BCUT2D eigenvalue weighted by atomic mass is 35.5. The van der Waals surface area contributed by atoms with Crippen molar-refractivity contribution in [2.24, 2.45) is 0 Å². The average Bonchev–Trinajstić information content (AvgIpc) is 2.44. The lowest BCUT2D eigenvalue weighted by Crippen LogP contribution is -2.43. The Bertz CT molecular complexity index is 577. The summed E-state index contributed by atoms with van der Waals surface area (Å²) < 4.78 is 0. The minimum absolute atomic E-state index is 0. The number of rotatable bonds is 1. The molecule has 0 saturated carbocycles. The molecule has 0 amide bonds. The molecule has 102 valence electrons. The van der Waals surface area contributed by atoms with Crippen molar-refractivity contribution in [2.75, 3.05) is 31.1 Å². The minimum atomic E-state index is 0. The van der Waals surface area contributed by atoms with Gasteiger partial charge in [0.1, 0.15) is 5.82 Å². The van der Waals surface area contributed by atoms with Gasteiger partial charge in [0.2, 0.25) is 0 Å². The zero-order valence-corrected chi connectivity index (χ0v) is 12.3. The second-order valence-corrected chi connectivity index (χ2v) is 5.02. The first-order chi connectivity index (χ1) is 8.75. The van der Waals surface area contributed by atoms with Crippen molar-refractivity contribution in [1.29, 1.82) is 0 Å².